The molecular formula is C13H17FN4O. The first-order valence-electron chi connectivity index (χ1n) is 5.86. The predicted octanol–water partition coefficient (Wildman–Crippen LogP) is 1.43. The number of nitrogens with two attached hydrogens (primary N) is 1. The second kappa shape index (κ2) is 5.38. The van der Waals surface area contributed by atoms with Crippen LogP contribution in [0.3, 0.4) is 0 Å². The van der Waals surface area contributed by atoms with Crippen molar-refractivity contribution in [2.45, 2.75) is 13.0 Å². The van der Waals surface area contributed by atoms with E-state index in [2.05, 4.69) is 10.5 Å². The molecule has 0 saturated heterocycles. The first-order valence-corrected chi connectivity index (χ1v) is 5.86. The minimum absolute atomic E-state index is 0.265. The van der Waals surface area contributed by atoms with Crippen molar-refractivity contribution in [3.63, 3.8) is 0 Å². The van der Waals surface area contributed by atoms with Crippen molar-refractivity contribution in [3.05, 3.63) is 47.0 Å². The van der Waals surface area contributed by atoms with Crippen LogP contribution in [0.1, 0.15) is 22.9 Å². The number of nitrogens with one attached hydrogen (secondary N) is 1. The van der Waals surface area contributed by atoms with Crippen LogP contribution in [0.25, 0.3) is 0 Å². The van der Waals surface area contributed by atoms with Gasteiger partial charge >= 0.3 is 0 Å². The van der Waals surface area contributed by atoms with Gasteiger partial charge in [0.1, 0.15) is 11.5 Å². The first-order chi connectivity index (χ1) is 9.08. The van der Waals surface area contributed by atoms with E-state index in [1.165, 1.54) is 6.07 Å². The van der Waals surface area contributed by atoms with Gasteiger partial charge < -0.3 is 4.74 Å². The number of hydrogen-bond acceptors (Lipinski definition) is 4. The zero-order chi connectivity index (χ0) is 14.0. The lowest BCUT2D eigenvalue weighted by molar-refractivity contribution is 0.401. The van der Waals surface area contributed by atoms with Gasteiger partial charge in [-0.05, 0) is 24.1 Å². The summed E-state index contributed by atoms with van der Waals surface area (Å²) in [5.41, 5.74) is 4.73. The predicted molar refractivity (Wildman–Crippen MR) is 70.1 cm³/mol. The summed E-state index contributed by atoms with van der Waals surface area (Å²) in [5, 5.41) is 4.12. The van der Waals surface area contributed by atoms with Gasteiger partial charge in [0.25, 0.3) is 0 Å². The van der Waals surface area contributed by atoms with Crippen molar-refractivity contribution in [1.29, 1.82) is 0 Å². The molecule has 1 heterocycles. The summed E-state index contributed by atoms with van der Waals surface area (Å²) < 4.78 is 20.6. The van der Waals surface area contributed by atoms with Gasteiger partial charge in [0.2, 0.25) is 0 Å². The highest BCUT2D eigenvalue weighted by Gasteiger charge is 2.22. The number of nitrogens with zero attached hydrogens (tertiary/aromatic N) is 2. The van der Waals surface area contributed by atoms with Crippen LogP contribution >= 0.6 is 0 Å². The highest BCUT2D eigenvalue weighted by atomic mass is 19.1. The van der Waals surface area contributed by atoms with Crippen molar-refractivity contribution < 1.29 is 9.13 Å². The van der Waals surface area contributed by atoms with Crippen molar-refractivity contribution in [1.82, 2.24) is 15.2 Å². The molecule has 6 heteroatoms. The van der Waals surface area contributed by atoms with Crippen LogP contribution in [-0.2, 0) is 7.05 Å². The lowest BCUT2D eigenvalue weighted by atomic mass is 10.0. The minimum atomic E-state index is -0.391. The van der Waals surface area contributed by atoms with E-state index in [9.17, 15) is 4.39 Å². The molecule has 5 nitrogen and oxygen atoms in total. The second-order valence-electron chi connectivity index (χ2n) is 4.33. The topological polar surface area (TPSA) is 65.1 Å². The van der Waals surface area contributed by atoms with E-state index in [1.807, 2.05) is 6.07 Å². The highest BCUT2D eigenvalue weighted by molar-refractivity contribution is 5.37. The van der Waals surface area contributed by atoms with E-state index in [1.54, 1.807) is 38.0 Å². The summed E-state index contributed by atoms with van der Waals surface area (Å²) in [6.45, 7) is 1.72. The van der Waals surface area contributed by atoms with Crippen molar-refractivity contribution in [3.8, 4) is 5.75 Å². The molecule has 1 aromatic carbocycles. The highest BCUT2D eigenvalue weighted by Crippen LogP contribution is 2.29. The smallest absolute Gasteiger partial charge is 0.161 e. The van der Waals surface area contributed by atoms with E-state index in [0.717, 1.165) is 5.69 Å². The van der Waals surface area contributed by atoms with Crippen LogP contribution in [-0.4, -0.2) is 16.9 Å². The van der Waals surface area contributed by atoms with Gasteiger partial charge in [0.15, 0.2) is 5.75 Å². The third kappa shape index (κ3) is 2.45. The second-order valence-corrected chi connectivity index (χ2v) is 4.33. The number of benzene rings is 1. The van der Waals surface area contributed by atoms with Crippen LogP contribution in [0.2, 0.25) is 0 Å². The largest absolute Gasteiger partial charge is 0.493 e. The van der Waals surface area contributed by atoms with Crippen molar-refractivity contribution >= 4 is 0 Å². The van der Waals surface area contributed by atoms with Gasteiger partial charge in [0.05, 0.1) is 19.3 Å². The Bertz CT molecular complexity index is 582. The molecular weight excluding hydrogens is 247 g/mol. The summed E-state index contributed by atoms with van der Waals surface area (Å²) in [6, 6.07) is 4.62. The molecule has 1 unspecified atom stereocenters. The molecule has 0 saturated carbocycles. The monoisotopic (exact) mass is 264 g/mol. The lowest BCUT2D eigenvalue weighted by Crippen LogP contribution is -2.30. The Hall–Kier alpha value is -1.92. The molecule has 19 heavy (non-hydrogen) atoms. The molecule has 3 N–H and O–H groups in total. The molecule has 2 rings (SSSR count). The quantitative estimate of drug-likeness (QED) is 0.647. The van der Waals surface area contributed by atoms with Crippen molar-refractivity contribution in [2.24, 2.45) is 12.9 Å². The maximum absolute atomic E-state index is 13.7. The number of aryl methyl sites for hydroxylation is 2. The molecule has 0 bridgehead atoms. The normalized spacial score (nSPS) is 12.5. The van der Waals surface area contributed by atoms with Crippen LogP contribution in [0, 0.1) is 12.7 Å². The number of methoxy groups -OCH3 is 1. The molecule has 0 aliphatic carbocycles. The van der Waals surface area contributed by atoms with E-state index < -0.39 is 6.04 Å². The van der Waals surface area contributed by atoms with E-state index in [4.69, 9.17) is 10.6 Å². The number of hydrogen-bond donors (Lipinski definition) is 2. The van der Waals surface area contributed by atoms with E-state index in [0.29, 0.717) is 16.9 Å². The molecule has 0 spiro atoms. The number of halogens is 1. The fourth-order valence-corrected chi connectivity index (χ4v) is 2.03. The Kier molecular flexibility index (Phi) is 3.82. The van der Waals surface area contributed by atoms with Gasteiger partial charge in [-0.25, -0.2) is 9.82 Å². The molecule has 1 aromatic heterocycles. The molecule has 0 aliphatic rings. The minimum Gasteiger partial charge on any atom is -0.493 e. The number of ether oxygens (including phenoxy) is 1. The first kappa shape index (κ1) is 13.5. The maximum atomic E-state index is 13.7. The van der Waals surface area contributed by atoms with Crippen LogP contribution in [0.5, 0.6) is 5.75 Å². The third-order valence-electron chi connectivity index (χ3n) is 3.14. The van der Waals surface area contributed by atoms with Gasteiger partial charge in [-0.1, -0.05) is 12.1 Å². The molecule has 0 fully saturated rings. The Balaban J connectivity index is 2.49. The molecule has 2 aromatic rings. The van der Waals surface area contributed by atoms with E-state index >= 15 is 0 Å². The summed E-state index contributed by atoms with van der Waals surface area (Å²) >= 11 is 0. The fourth-order valence-electron chi connectivity index (χ4n) is 2.03. The Morgan fingerprint density at radius 3 is 2.79 bits per heavy atom. The zero-order valence-corrected chi connectivity index (χ0v) is 11.1. The van der Waals surface area contributed by atoms with Gasteiger partial charge in [-0.15, -0.1) is 0 Å². The van der Waals surface area contributed by atoms with Crippen LogP contribution in [0.4, 0.5) is 4.39 Å². The fraction of sp³-hybridized carbons (Fsp3) is 0.308. The average molecular weight is 264 g/mol. The summed E-state index contributed by atoms with van der Waals surface area (Å²) in [6.07, 6.45) is 1.60. The SMILES string of the molecule is COc1cnn(C)c1C(NN)c1ccc(C)c(F)c1. The van der Waals surface area contributed by atoms with Crippen molar-refractivity contribution in [2.75, 3.05) is 7.11 Å². The zero-order valence-electron chi connectivity index (χ0n) is 11.1. The molecule has 0 aliphatic heterocycles. The van der Waals surface area contributed by atoms with Gasteiger partial charge in [0, 0.05) is 7.05 Å². The Morgan fingerprint density at radius 2 is 2.21 bits per heavy atom. The summed E-state index contributed by atoms with van der Waals surface area (Å²) in [7, 11) is 3.34. The number of aromatic nitrogens is 2. The van der Waals surface area contributed by atoms with Gasteiger partial charge in [-0.3, -0.25) is 10.5 Å². The van der Waals surface area contributed by atoms with Gasteiger partial charge in [-0.2, -0.15) is 5.10 Å². The third-order valence-corrected chi connectivity index (χ3v) is 3.14. The number of rotatable bonds is 4. The molecule has 102 valence electrons. The molecule has 1 atom stereocenters. The maximum Gasteiger partial charge on any atom is 0.161 e. The van der Waals surface area contributed by atoms with E-state index in [-0.39, 0.29) is 5.82 Å². The summed E-state index contributed by atoms with van der Waals surface area (Å²) in [4.78, 5) is 0. The standard InChI is InChI=1S/C13H17FN4O/c1-8-4-5-9(6-10(8)14)12(17-15)13-11(19-3)7-16-18(13)2/h4-7,12,17H,15H2,1-3H3. The lowest BCUT2D eigenvalue weighted by Gasteiger charge is -2.18. The van der Waals surface area contributed by atoms with Crippen LogP contribution in [0.15, 0.2) is 24.4 Å². The Labute approximate surface area is 111 Å². The average Bonchev–Trinajstić information content (AvgIpc) is 2.76. The summed E-state index contributed by atoms with van der Waals surface area (Å²) in [5.74, 6) is 5.95. The molecule has 0 radical (unpaired) electrons. The molecule has 0 amide bonds. The van der Waals surface area contributed by atoms with Crippen LogP contribution < -0.4 is 16.0 Å². The number of hydrazine groups is 1. The Morgan fingerprint density at radius 1 is 1.47 bits per heavy atom.